The topological polar surface area (TPSA) is 64.2 Å². The smallest absolute Gasteiger partial charge is 0.121 e. The van der Waals surface area contributed by atoms with Gasteiger partial charge in [0.25, 0.3) is 0 Å². The molecule has 0 aliphatic heterocycles. The number of hydrogen-bond acceptors (Lipinski definition) is 3. The Bertz CT molecular complexity index is 356. The summed E-state index contributed by atoms with van der Waals surface area (Å²) >= 11 is 0. The van der Waals surface area contributed by atoms with Crippen molar-refractivity contribution < 1.29 is 10.2 Å². The van der Waals surface area contributed by atoms with Crippen LogP contribution in [0.5, 0.6) is 5.75 Å². The van der Waals surface area contributed by atoms with Crippen molar-refractivity contribution in [3.8, 4) is 11.8 Å². The lowest BCUT2D eigenvalue weighted by Gasteiger charge is -2.11. The minimum absolute atomic E-state index is 0.0731. The number of phenolic OH excluding ortho intramolecular Hbond substituents is 1. The molecule has 14 heavy (non-hydrogen) atoms. The maximum Gasteiger partial charge on any atom is 0.121 e. The molecule has 1 unspecified atom stereocenters. The van der Waals surface area contributed by atoms with E-state index in [9.17, 15) is 10.2 Å². The van der Waals surface area contributed by atoms with E-state index in [0.29, 0.717) is 5.56 Å². The first-order valence-electron chi connectivity index (χ1n) is 4.41. The van der Waals surface area contributed by atoms with E-state index in [1.165, 1.54) is 0 Å². The normalized spacial score (nSPS) is 12.1. The molecule has 0 saturated carbocycles. The van der Waals surface area contributed by atoms with Crippen LogP contribution in [0.3, 0.4) is 0 Å². The van der Waals surface area contributed by atoms with E-state index < -0.39 is 6.10 Å². The van der Waals surface area contributed by atoms with Crippen LogP contribution in [0.15, 0.2) is 12.1 Å². The number of benzene rings is 1. The Hall–Kier alpha value is -1.53. The van der Waals surface area contributed by atoms with Crippen LogP contribution in [0.1, 0.15) is 29.2 Å². The third-order valence-electron chi connectivity index (χ3n) is 2.18. The highest BCUT2D eigenvalue weighted by atomic mass is 16.3. The molecule has 3 heteroatoms. The van der Waals surface area contributed by atoms with Crippen molar-refractivity contribution in [2.45, 2.75) is 26.4 Å². The number of aliphatic hydroxyl groups is 1. The summed E-state index contributed by atoms with van der Waals surface area (Å²) in [5.41, 5.74) is 2.12. The predicted octanol–water partition coefficient (Wildman–Crippen LogP) is 1.96. The molecular weight excluding hydrogens is 178 g/mol. The molecule has 0 radical (unpaired) electrons. The largest absolute Gasteiger partial charge is 0.507 e. The van der Waals surface area contributed by atoms with Gasteiger partial charge in [-0.05, 0) is 42.7 Å². The number of aryl methyl sites for hydroxylation is 2. The van der Waals surface area contributed by atoms with Crippen LogP contribution >= 0.6 is 0 Å². The quantitative estimate of drug-likeness (QED) is 0.751. The standard InChI is InChI=1S/C11H13NO2/c1-7-5-9(10(13)3-4-12)6-8(2)11(7)14/h5-6,10,13-14H,3H2,1-2H3. The molecular formula is C11H13NO2. The molecule has 0 aliphatic rings. The second kappa shape index (κ2) is 4.12. The Kier molecular flexibility index (Phi) is 3.10. The number of aliphatic hydroxyl groups excluding tert-OH is 1. The lowest BCUT2D eigenvalue weighted by molar-refractivity contribution is 0.183. The monoisotopic (exact) mass is 191 g/mol. The molecule has 3 nitrogen and oxygen atoms in total. The average molecular weight is 191 g/mol. The molecule has 0 fully saturated rings. The highest BCUT2D eigenvalue weighted by Crippen LogP contribution is 2.27. The summed E-state index contributed by atoms with van der Waals surface area (Å²) in [6.45, 7) is 3.54. The van der Waals surface area contributed by atoms with Crippen molar-refractivity contribution in [2.24, 2.45) is 0 Å². The van der Waals surface area contributed by atoms with Crippen molar-refractivity contribution in [2.75, 3.05) is 0 Å². The van der Waals surface area contributed by atoms with Crippen LogP contribution in [-0.2, 0) is 0 Å². The molecule has 0 aromatic heterocycles. The fraction of sp³-hybridized carbons (Fsp3) is 0.364. The van der Waals surface area contributed by atoms with Gasteiger partial charge in [0.2, 0.25) is 0 Å². The summed E-state index contributed by atoms with van der Waals surface area (Å²) in [5.74, 6) is 0.248. The van der Waals surface area contributed by atoms with Crippen LogP contribution in [0, 0.1) is 25.2 Å². The summed E-state index contributed by atoms with van der Waals surface area (Å²) < 4.78 is 0. The van der Waals surface area contributed by atoms with E-state index in [0.717, 1.165) is 11.1 Å². The van der Waals surface area contributed by atoms with Crippen LogP contribution in [0.25, 0.3) is 0 Å². The first-order chi connectivity index (χ1) is 6.56. The van der Waals surface area contributed by atoms with Crippen molar-refractivity contribution in [1.82, 2.24) is 0 Å². The van der Waals surface area contributed by atoms with E-state index in [4.69, 9.17) is 5.26 Å². The second-order valence-electron chi connectivity index (χ2n) is 3.38. The van der Waals surface area contributed by atoms with Crippen LogP contribution in [0.4, 0.5) is 0 Å². The molecule has 74 valence electrons. The van der Waals surface area contributed by atoms with Crippen molar-refractivity contribution in [3.05, 3.63) is 28.8 Å². The van der Waals surface area contributed by atoms with Gasteiger partial charge in [-0.3, -0.25) is 0 Å². The first-order valence-corrected chi connectivity index (χ1v) is 4.41. The van der Waals surface area contributed by atoms with Gasteiger partial charge >= 0.3 is 0 Å². The van der Waals surface area contributed by atoms with Gasteiger partial charge in [-0.15, -0.1) is 0 Å². The summed E-state index contributed by atoms with van der Waals surface area (Å²) in [6.07, 6.45) is -0.693. The zero-order valence-corrected chi connectivity index (χ0v) is 8.28. The van der Waals surface area contributed by atoms with Crippen LogP contribution in [0.2, 0.25) is 0 Å². The van der Waals surface area contributed by atoms with Crippen molar-refractivity contribution >= 4 is 0 Å². The molecule has 0 aliphatic carbocycles. The van der Waals surface area contributed by atoms with Gasteiger partial charge in [0.1, 0.15) is 5.75 Å². The molecule has 0 amide bonds. The zero-order valence-electron chi connectivity index (χ0n) is 8.28. The molecule has 2 N–H and O–H groups in total. The van der Waals surface area contributed by atoms with Crippen molar-refractivity contribution in [1.29, 1.82) is 5.26 Å². The summed E-state index contributed by atoms with van der Waals surface area (Å²) in [6, 6.07) is 5.30. The van der Waals surface area contributed by atoms with Gasteiger partial charge in [-0.1, -0.05) is 0 Å². The first kappa shape index (κ1) is 10.6. The molecule has 0 heterocycles. The average Bonchev–Trinajstić information content (AvgIpc) is 2.13. The Morgan fingerprint density at radius 3 is 2.29 bits per heavy atom. The SMILES string of the molecule is Cc1cc(C(O)CC#N)cc(C)c1O. The summed E-state index contributed by atoms with van der Waals surface area (Å²) in [4.78, 5) is 0. The van der Waals surface area contributed by atoms with Gasteiger partial charge in [0, 0.05) is 0 Å². The number of aromatic hydroxyl groups is 1. The molecule has 1 rings (SSSR count). The Balaban J connectivity index is 3.07. The highest BCUT2D eigenvalue weighted by Gasteiger charge is 2.10. The maximum absolute atomic E-state index is 9.56. The lowest BCUT2D eigenvalue weighted by Crippen LogP contribution is -1.97. The van der Waals surface area contributed by atoms with E-state index in [1.54, 1.807) is 26.0 Å². The number of phenols is 1. The van der Waals surface area contributed by atoms with Gasteiger partial charge in [0.05, 0.1) is 18.6 Å². The van der Waals surface area contributed by atoms with Gasteiger partial charge < -0.3 is 10.2 Å². The maximum atomic E-state index is 9.56. The van der Waals surface area contributed by atoms with E-state index in [2.05, 4.69) is 0 Å². The molecule has 1 aromatic rings. The Labute approximate surface area is 83.2 Å². The summed E-state index contributed by atoms with van der Waals surface area (Å²) in [5, 5.41) is 27.5. The van der Waals surface area contributed by atoms with Crippen LogP contribution < -0.4 is 0 Å². The number of nitriles is 1. The lowest BCUT2D eigenvalue weighted by atomic mass is 10.0. The zero-order chi connectivity index (χ0) is 10.7. The molecule has 1 aromatic carbocycles. The minimum Gasteiger partial charge on any atom is -0.507 e. The fourth-order valence-electron chi connectivity index (χ4n) is 1.39. The Morgan fingerprint density at radius 2 is 1.86 bits per heavy atom. The molecule has 0 saturated heterocycles. The van der Waals surface area contributed by atoms with E-state index in [-0.39, 0.29) is 12.2 Å². The highest BCUT2D eigenvalue weighted by molar-refractivity contribution is 5.42. The fourth-order valence-corrected chi connectivity index (χ4v) is 1.39. The second-order valence-corrected chi connectivity index (χ2v) is 3.38. The number of hydrogen-bond donors (Lipinski definition) is 2. The summed E-state index contributed by atoms with van der Waals surface area (Å²) in [7, 11) is 0. The van der Waals surface area contributed by atoms with Gasteiger partial charge in [-0.25, -0.2) is 0 Å². The number of nitrogens with zero attached hydrogens (tertiary/aromatic N) is 1. The predicted molar refractivity (Wildman–Crippen MR) is 52.8 cm³/mol. The molecule has 0 spiro atoms. The molecule has 0 bridgehead atoms. The number of rotatable bonds is 2. The minimum atomic E-state index is -0.766. The van der Waals surface area contributed by atoms with Gasteiger partial charge in [0.15, 0.2) is 0 Å². The third-order valence-corrected chi connectivity index (χ3v) is 2.18. The third kappa shape index (κ3) is 2.04. The van der Waals surface area contributed by atoms with E-state index >= 15 is 0 Å². The Morgan fingerprint density at radius 1 is 1.36 bits per heavy atom. The van der Waals surface area contributed by atoms with E-state index in [1.807, 2.05) is 6.07 Å². The van der Waals surface area contributed by atoms with Crippen LogP contribution in [-0.4, -0.2) is 10.2 Å². The van der Waals surface area contributed by atoms with Gasteiger partial charge in [-0.2, -0.15) is 5.26 Å². The van der Waals surface area contributed by atoms with Crippen molar-refractivity contribution in [3.63, 3.8) is 0 Å². The molecule has 1 atom stereocenters.